The van der Waals surface area contributed by atoms with Gasteiger partial charge in [-0.05, 0) is 43.8 Å². The largest absolute Gasteiger partial charge is 0.507 e. The molecule has 0 spiro atoms. The van der Waals surface area contributed by atoms with Gasteiger partial charge >= 0.3 is 11.8 Å². The summed E-state index contributed by atoms with van der Waals surface area (Å²) in [7, 11) is 1.49. The number of Topliss-reactive ketones (excluding diaryl/α,β-unsaturated/α-hetero) is 2. The van der Waals surface area contributed by atoms with Crippen LogP contribution in [0.15, 0.2) is 47.9 Å². The number of hydrogen-bond acceptors (Lipinski definition) is 11. The van der Waals surface area contributed by atoms with Gasteiger partial charge in [-0.25, -0.2) is 0 Å². The summed E-state index contributed by atoms with van der Waals surface area (Å²) in [6.07, 6.45) is 5.23. The van der Waals surface area contributed by atoms with Crippen LogP contribution in [0.1, 0.15) is 93.3 Å². The van der Waals surface area contributed by atoms with Crippen molar-refractivity contribution in [2.45, 2.75) is 92.5 Å². The maximum atomic E-state index is 13.9. The highest BCUT2D eigenvalue weighted by Gasteiger charge is 2.51. The second-order valence-electron chi connectivity index (χ2n) is 13.9. The molecule has 1 aromatic carbocycles. The van der Waals surface area contributed by atoms with Gasteiger partial charge in [0.2, 0.25) is 5.78 Å². The number of aliphatic hydroxyl groups is 2. The van der Waals surface area contributed by atoms with E-state index in [1.165, 1.54) is 40.2 Å². The van der Waals surface area contributed by atoms with Crippen molar-refractivity contribution in [2.24, 2.45) is 29.6 Å². The summed E-state index contributed by atoms with van der Waals surface area (Å²) in [4.78, 5) is 53.0. The standard InChI is InChI=1S/C38H49NO11/c1-17-12-11-13-18(2)37(46)39-25-16-26(41)28-29(33(25)44)32(43)23(7)35-30(28)36(45)38(9,50-35)48-15-14-27(47-10)22(6)34(49-24(8)40)21(5)19(3)20(4)31(17)42/h11-17,19-22,26-27,31,34,41-43H,1-10H3,(H,39,46)/b12-11+,15-14+,18-13-/t17-,19+,20-,21+,22+,26?,27-,31-,34-,38-/m0/s1. The minimum atomic E-state index is -1.95. The van der Waals surface area contributed by atoms with Crippen molar-refractivity contribution in [3.8, 4) is 11.5 Å². The molecule has 5 rings (SSSR count). The number of aromatic hydroxyl groups is 1. The van der Waals surface area contributed by atoms with Crippen LogP contribution in [0.4, 0.5) is 0 Å². The quantitative estimate of drug-likeness (QED) is 0.314. The summed E-state index contributed by atoms with van der Waals surface area (Å²) in [5.74, 6) is -6.42. The van der Waals surface area contributed by atoms with E-state index in [0.29, 0.717) is 0 Å². The van der Waals surface area contributed by atoms with E-state index in [1.807, 2.05) is 34.6 Å². The molecule has 1 amide bonds. The number of carbonyl (C=O) groups is 4. The Morgan fingerprint density at radius 1 is 0.960 bits per heavy atom. The SMILES string of the molecule is CO[C@H]1/C=C/O[C@@]2(C)Oc3c(C)c(O)c4c(c3C2=O)C(O)C=C(NC(=O)/C(C)=C\C=C\[C@H](C)[C@H](O)[C@@H](C)[C@@H](C)[C@@H](C)[C@H](OC(C)=O)[C@@H]1C)C4=O. The van der Waals surface area contributed by atoms with Crippen molar-refractivity contribution < 1.29 is 53.4 Å². The fraction of sp³-hybridized carbons (Fsp3) is 0.526. The number of aliphatic hydroxyl groups excluding tert-OH is 2. The third kappa shape index (κ3) is 7.15. The highest BCUT2D eigenvalue weighted by molar-refractivity contribution is 6.19. The lowest BCUT2D eigenvalue weighted by molar-refractivity contribution is -0.157. The molecule has 272 valence electrons. The van der Waals surface area contributed by atoms with E-state index >= 15 is 0 Å². The van der Waals surface area contributed by atoms with Gasteiger partial charge in [0.05, 0.1) is 35.3 Å². The third-order valence-electron chi connectivity index (χ3n) is 10.5. The molecule has 50 heavy (non-hydrogen) atoms. The first-order valence-corrected chi connectivity index (χ1v) is 16.8. The number of hydrogen-bond donors (Lipinski definition) is 4. The predicted octanol–water partition coefficient (Wildman–Crippen LogP) is 4.76. The zero-order valence-corrected chi connectivity index (χ0v) is 30.3. The van der Waals surface area contributed by atoms with Gasteiger partial charge in [0.1, 0.15) is 23.7 Å². The first-order chi connectivity index (χ1) is 23.4. The van der Waals surface area contributed by atoms with Crippen LogP contribution >= 0.6 is 0 Å². The molecule has 1 aromatic rings. The van der Waals surface area contributed by atoms with Gasteiger partial charge in [0, 0.05) is 49.5 Å². The molecule has 0 fully saturated rings. The summed E-state index contributed by atoms with van der Waals surface area (Å²) >= 11 is 0. The molecule has 1 unspecified atom stereocenters. The van der Waals surface area contributed by atoms with E-state index in [1.54, 1.807) is 25.2 Å². The predicted molar refractivity (Wildman–Crippen MR) is 183 cm³/mol. The van der Waals surface area contributed by atoms with E-state index in [2.05, 4.69) is 5.32 Å². The van der Waals surface area contributed by atoms with E-state index in [0.717, 1.165) is 6.08 Å². The Kier molecular flexibility index (Phi) is 11.5. The van der Waals surface area contributed by atoms with Gasteiger partial charge in [-0.15, -0.1) is 0 Å². The summed E-state index contributed by atoms with van der Waals surface area (Å²) < 4.78 is 23.5. The maximum absolute atomic E-state index is 13.9. The van der Waals surface area contributed by atoms with Crippen molar-refractivity contribution >= 4 is 23.4 Å². The first kappa shape index (κ1) is 38.5. The van der Waals surface area contributed by atoms with Gasteiger partial charge in [0.25, 0.3) is 11.7 Å². The Morgan fingerprint density at radius 2 is 1.62 bits per heavy atom. The van der Waals surface area contributed by atoms with E-state index in [-0.39, 0.29) is 62.9 Å². The molecule has 0 saturated heterocycles. The summed E-state index contributed by atoms with van der Waals surface area (Å²) in [6.45, 7) is 15.3. The molecular formula is C38H49NO11. The van der Waals surface area contributed by atoms with Crippen LogP contribution in [0.5, 0.6) is 11.5 Å². The Morgan fingerprint density at radius 3 is 2.24 bits per heavy atom. The van der Waals surface area contributed by atoms with Crippen LogP contribution < -0.4 is 10.1 Å². The van der Waals surface area contributed by atoms with Crippen LogP contribution in [0.25, 0.3) is 0 Å². The number of methoxy groups -OCH3 is 1. The van der Waals surface area contributed by atoms with Crippen molar-refractivity contribution in [3.63, 3.8) is 0 Å². The van der Waals surface area contributed by atoms with Gasteiger partial charge < -0.3 is 39.6 Å². The summed E-state index contributed by atoms with van der Waals surface area (Å²) in [6, 6.07) is 0. The van der Waals surface area contributed by atoms with Crippen LogP contribution in [0.3, 0.4) is 0 Å². The topological polar surface area (TPSA) is 178 Å². The molecule has 3 heterocycles. The molecule has 0 radical (unpaired) electrons. The average molecular weight is 696 g/mol. The number of allylic oxidation sites excluding steroid dienone is 3. The third-order valence-corrected chi connectivity index (χ3v) is 10.5. The maximum Gasteiger partial charge on any atom is 0.312 e. The molecule has 12 heteroatoms. The fourth-order valence-electron chi connectivity index (χ4n) is 6.97. The summed E-state index contributed by atoms with van der Waals surface area (Å²) in [5, 5.41) is 36.2. The lowest BCUT2D eigenvalue weighted by Crippen LogP contribution is -2.43. The van der Waals surface area contributed by atoms with Gasteiger partial charge in [-0.1, -0.05) is 52.8 Å². The monoisotopic (exact) mass is 695 g/mol. The Labute approximate surface area is 292 Å². The Balaban J connectivity index is 1.83. The highest BCUT2D eigenvalue weighted by Crippen LogP contribution is 2.50. The molecule has 1 aliphatic carbocycles. The highest BCUT2D eigenvalue weighted by atomic mass is 16.7. The minimum Gasteiger partial charge on any atom is -0.507 e. The number of phenols is 1. The molecule has 4 aliphatic rings. The molecule has 3 aliphatic heterocycles. The molecule has 5 bridgehead atoms. The van der Waals surface area contributed by atoms with Gasteiger partial charge in [0.15, 0.2) is 0 Å². The zero-order valence-electron chi connectivity index (χ0n) is 30.3. The zero-order chi connectivity index (χ0) is 37.4. The van der Waals surface area contributed by atoms with Gasteiger partial charge in [-0.2, -0.15) is 0 Å². The number of esters is 1. The number of benzene rings is 1. The summed E-state index contributed by atoms with van der Waals surface area (Å²) in [5.41, 5.74) is -0.574. The number of nitrogens with one attached hydrogen (secondary N) is 1. The molecule has 0 aromatic heterocycles. The number of phenolic OH excluding ortho intramolecular Hbond substituents is 1. The Bertz CT molecular complexity index is 1670. The van der Waals surface area contributed by atoms with Crippen LogP contribution in [0.2, 0.25) is 0 Å². The number of amides is 1. The molecular weight excluding hydrogens is 646 g/mol. The number of ketones is 2. The van der Waals surface area contributed by atoms with Crippen LogP contribution in [-0.2, 0) is 23.8 Å². The van der Waals surface area contributed by atoms with Crippen molar-refractivity contribution in [1.82, 2.24) is 5.32 Å². The second-order valence-corrected chi connectivity index (χ2v) is 13.9. The van der Waals surface area contributed by atoms with Crippen LogP contribution in [-0.4, -0.2) is 70.0 Å². The Hall–Kier alpha value is -4.26. The average Bonchev–Trinajstić information content (AvgIpc) is 3.33. The van der Waals surface area contributed by atoms with E-state index in [9.17, 15) is 34.5 Å². The van der Waals surface area contributed by atoms with Crippen molar-refractivity contribution in [1.29, 1.82) is 0 Å². The second kappa shape index (κ2) is 14.9. The van der Waals surface area contributed by atoms with Gasteiger partial charge in [-0.3, -0.25) is 19.2 Å². The lowest BCUT2D eigenvalue weighted by atomic mass is 9.73. The smallest absolute Gasteiger partial charge is 0.312 e. The number of rotatable bonds is 2. The molecule has 4 N–H and O–H groups in total. The van der Waals surface area contributed by atoms with E-state index < -0.39 is 65.3 Å². The first-order valence-electron chi connectivity index (χ1n) is 16.8. The van der Waals surface area contributed by atoms with E-state index in [4.69, 9.17) is 18.9 Å². The van der Waals surface area contributed by atoms with Crippen LogP contribution in [0, 0.1) is 36.5 Å². The normalized spacial score (nSPS) is 35.9. The molecule has 10 atom stereocenters. The fourth-order valence-corrected chi connectivity index (χ4v) is 6.97. The lowest BCUT2D eigenvalue weighted by Gasteiger charge is -2.39. The molecule has 0 saturated carbocycles. The van der Waals surface area contributed by atoms with Crippen molar-refractivity contribution in [2.75, 3.05) is 7.11 Å². The number of ether oxygens (including phenoxy) is 4. The molecule has 12 nitrogen and oxygen atoms in total. The number of fused-ring (bicyclic) bond motifs is 14. The minimum absolute atomic E-state index is 0.0501. The van der Waals surface area contributed by atoms with Crippen molar-refractivity contribution in [3.05, 3.63) is 70.2 Å². The number of carbonyl (C=O) groups excluding carboxylic acids is 4.